The first-order valence-corrected chi connectivity index (χ1v) is 8.13. The second-order valence-corrected chi connectivity index (χ2v) is 6.96. The largest absolute Gasteiger partial charge is 0.337 e. The summed E-state index contributed by atoms with van der Waals surface area (Å²) in [5.41, 5.74) is 0. The molecule has 3 atom stereocenters. The van der Waals surface area contributed by atoms with Crippen molar-refractivity contribution < 1.29 is 4.52 Å². The molecule has 1 fully saturated rings. The van der Waals surface area contributed by atoms with E-state index in [9.17, 15) is 0 Å². The standard InChI is InChI=1S/C15H21N3OS/c1-10-7-11(2)9-18(8-10)12(3)15-16-14(17-19-15)13-5-4-6-20-13/h4-6,10-12H,7-9H2,1-3H3. The van der Waals surface area contributed by atoms with E-state index < -0.39 is 0 Å². The lowest BCUT2D eigenvalue weighted by Gasteiger charge is -2.37. The summed E-state index contributed by atoms with van der Waals surface area (Å²) in [6.07, 6.45) is 1.31. The molecule has 3 unspecified atom stereocenters. The molecule has 1 saturated heterocycles. The molecule has 0 spiro atoms. The molecule has 0 amide bonds. The molecule has 0 aromatic carbocycles. The Morgan fingerprint density at radius 2 is 2.10 bits per heavy atom. The highest BCUT2D eigenvalue weighted by Gasteiger charge is 2.29. The molecule has 0 N–H and O–H groups in total. The van der Waals surface area contributed by atoms with E-state index in [2.05, 4.69) is 35.8 Å². The quantitative estimate of drug-likeness (QED) is 0.861. The molecule has 0 aliphatic carbocycles. The van der Waals surface area contributed by atoms with Crippen molar-refractivity contribution in [1.82, 2.24) is 15.0 Å². The number of piperidine rings is 1. The van der Waals surface area contributed by atoms with Gasteiger partial charge in [0, 0.05) is 13.1 Å². The van der Waals surface area contributed by atoms with Crippen molar-refractivity contribution >= 4 is 11.3 Å². The third kappa shape index (κ3) is 2.79. The smallest absolute Gasteiger partial charge is 0.244 e. The minimum atomic E-state index is 0.196. The van der Waals surface area contributed by atoms with Gasteiger partial charge in [-0.25, -0.2) is 0 Å². The molecule has 108 valence electrons. The Hall–Kier alpha value is -1.20. The van der Waals surface area contributed by atoms with E-state index in [0.29, 0.717) is 5.82 Å². The molecule has 4 nitrogen and oxygen atoms in total. The molecule has 2 aromatic heterocycles. The van der Waals surface area contributed by atoms with Gasteiger partial charge in [0.25, 0.3) is 0 Å². The van der Waals surface area contributed by atoms with Crippen LogP contribution >= 0.6 is 11.3 Å². The summed E-state index contributed by atoms with van der Waals surface area (Å²) in [6, 6.07) is 4.23. The highest BCUT2D eigenvalue weighted by atomic mass is 32.1. The van der Waals surface area contributed by atoms with Crippen LogP contribution in [0.2, 0.25) is 0 Å². The van der Waals surface area contributed by atoms with Crippen LogP contribution in [0.15, 0.2) is 22.0 Å². The Kier molecular flexibility index (Phi) is 3.89. The minimum Gasteiger partial charge on any atom is -0.337 e. The second kappa shape index (κ2) is 5.66. The van der Waals surface area contributed by atoms with Gasteiger partial charge in [0.05, 0.1) is 10.9 Å². The summed E-state index contributed by atoms with van der Waals surface area (Å²) in [4.78, 5) is 8.09. The predicted molar refractivity (Wildman–Crippen MR) is 80.5 cm³/mol. The van der Waals surface area contributed by atoms with Crippen LogP contribution in [-0.4, -0.2) is 28.1 Å². The third-order valence-electron chi connectivity index (χ3n) is 3.99. The summed E-state index contributed by atoms with van der Waals surface area (Å²) in [5, 5.41) is 6.14. The van der Waals surface area contributed by atoms with Crippen molar-refractivity contribution in [2.24, 2.45) is 11.8 Å². The summed E-state index contributed by atoms with van der Waals surface area (Å²) in [5.74, 6) is 2.91. The third-order valence-corrected chi connectivity index (χ3v) is 4.85. The van der Waals surface area contributed by atoms with Gasteiger partial charge >= 0.3 is 0 Å². The zero-order valence-electron chi connectivity index (χ0n) is 12.2. The number of aromatic nitrogens is 2. The topological polar surface area (TPSA) is 42.2 Å². The Bertz CT molecular complexity index is 541. The van der Waals surface area contributed by atoms with E-state index >= 15 is 0 Å². The number of hydrogen-bond acceptors (Lipinski definition) is 5. The molecule has 3 heterocycles. The van der Waals surface area contributed by atoms with Gasteiger partial charge in [0.1, 0.15) is 0 Å². The van der Waals surface area contributed by atoms with Crippen molar-refractivity contribution in [2.75, 3.05) is 13.1 Å². The first kappa shape index (κ1) is 13.8. The summed E-state index contributed by atoms with van der Waals surface area (Å²) in [6.45, 7) is 9.03. The van der Waals surface area contributed by atoms with Crippen molar-refractivity contribution in [2.45, 2.75) is 33.2 Å². The van der Waals surface area contributed by atoms with Gasteiger partial charge in [-0.1, -0.05) is 25.1 Å². The molecular weight excluding hydrogens is 270 g/mol. The Balaban J connectivity index is 1.75. The number of likely N-dealkylation sites (tertiary alicyclic amines) is 1. The lowest BCUT2D eigenvalue weighted by molar-refractivity contribution is 0.0866. The maximum Gasteiger partial charge on any atom is 0.244 e. The van der Waals surface area contributed by atoms with Crippen molar-refractivity contribution in [3.05, 3.63) is 23.4 Å². The van der Waals surface area contributed by atoms with Gasteiger partial charge in [0.2, 0.25) is 11.7 Å². The number of nitrogens with zero attached hydrogens (tertiary/aromatic N) is 3. The fourth-order valence-corrected chi connectivity index (χ4v) is 3.74. The van der Waals surface area contributed by atoms with Crippen LogP contribution in [0, 0.1) is 11.8 Å². The molecule has 0 saturated carbocycles. The van der Waals surface area contributed by atoms with Gasteiger partial charge in [0.15, 0.2) is 0 Å². The van der Waals surface area contributed by atoms with Gasteiger partial charge in [-0.15, -0.1) is 11.3 Å². The fraction of sp³-hybridized carbons (Fsp3) is 0.600. The monoisotopic (exact) mass is 291 g/mol. The summed E-state index contributed by atoms with van der Waals surface area (Å²) >= 11 is 1.64. The van der Waals surface area contributed by atoms with Crippen molar-refractivity contribution in [3.63, 3.8) is 0 Å². The molecule has 5 heteroatoms. The van der Waals surface area contributed by atoms with Gasteiger partial charge in [-0.05, 0) is 36.6 Å². The van der Waals surface area contributed by atoms with Gasteiger partial charge in [-0.3, -0.25) is 4.90 Å². The average molecular weight is 291 g/mol. The fourth-order valence-electron chi connectivity index (χ4n) is 3.09. The average Bonchev–Trinajstić information content (AvgIpc) is 3.07. The Morgan fingerprint density at radius 1 is 1.35 bits per heavy atom. The minimum absolute atomic E-state index is 0.196. The lowest BCUT2D eigenvalue weighted by atomic mass is 9.91. The molecule has 2 aromatic rings. The maximum absolute atomic E-state index is 5.48. The normalized spacial score (nSPS) is 25.8. The highest BCUT2D eigenvalue weighted by molar-refractivity contribution is 7.13. The van der Waals surface area contributed by atoms with E-state index in [0.717, 1.165) is 35.7 Å². The SMILES string of the molecule is CC1CC(C)CN(C(C)c2nc(-c3cccs3)no2)C1. The molecule has 20 heavy (non-hydrogen) atoms. The first-order valence-electron chi connectivity index (χ1n) is 7.25. The maximum atomic E-state index is 5.48. The van der Waals surface area contributed by atoms with Crippen LogP contribution in [0.4, 0.5) is 0 Å². The van der Waals surface area contributed by atoms with Crippen LogP contribution in [0.25, 0.3) is 10.7 Å². The number of thiophene rings is 1. The first-order chi connectivity index (χ1) is 9.63. The highest BCUT2D eigenvalue weighted by Crippen LogP contribution is 2.30. The molecular formula is C15H21N3OS. The van der Waals surface area contributed by atoms with Crippen LogP contribution in [0.5, 0.6) is 0 Å². The zero-order valence-corrected chi connectivity index (χ0v) is 13.1. The zero-order chi connectivity index (χ0) is 14.1. The Labute approximate surface area is 123 Å². The van der Waals surface area contributed by atoms with E-state index in [1.807, 2.05) is 17.5 Å². The van der Waals surface area contributed by atoms with Crippen LogP contribution < -0.4 is 0 Å². The van der Waals surface area contributed by atoms with Gasteiger partial charge < -0.3 is 4.52 Å². The molecule has 1 aliphatic heterocycles. The van der Waals surface area contributed by atoms with E-state index in [4.69, 9.17) is 4.52 Å². The van der Waals surface area contributed by atoms with Crippen molar-refractivity contribution in [3.8, 4) is 10.7 Å². The van der Waals surface area contributed by atoms with Crippen LogP contribution in [-0.2, 0) is 0 Å². The molecule has 0 bridgehead atoms. The van der Waals surface area contributed by atoms with Crippen LogP contribution in [0.1, 0.15) is 39.1 Å². The Morgan fingerprint density at radius 3 is 2.75 bits per heavy atom. The number of rotatable bonds is 3. The number of hydrogen-bond donors (Lipinski definition) is 0. The van der Waals surface area contributed by atoms with E-state index in [-0.39, 0.29) is 6.04 Å². The second-order valence-electron chi connectivity index (χ2n) is 6.01. The van der Waals surface area contributed by atoms with E-state index in [1.54, 1.807) is 11.3 Å². The van der Waals surface area contributed by atoms with Crippen molar-refractivity contribution in [1.29, 1.82) is 0 Å². The molecule has 1 aliphatic rings. The lowest BCUT2D eigenvalue weighted by Crippen LogP contribution is -2.40. The predicted octanol–water partition coefficient (Wildman–Crippen LogP) is 3.84. The summed E-state index contributed by atoms with van der Waals surface area (Å²) in [7, 11) is 0. The van der Waals surface area contributed by atoms with E-state index in [1.165, 1.54) is 6.42 Å². The van der Waals surface area contributed by atoms with Crippen LogP contribution in [0.3, 0.4) is 0 Å². The molecule has 0 radical (unpaired) electrons. The molecule has 3 rings (SSSR count). The van der Waals surface area contributed by atoms with Gasteiger partial charge in [-0.2, -0.15) is 4.98 Å². The summed E-state index contributed by atoms with van der Waals surface area (Å²) < 4.78 is 5.48.